The third-order valence-electron chi connectivity index (χ3n) is 3.87. The van der Waals surface area contributed by atoms with Crippen LogP contribution in [0.2, 0.25) is 0 Å². The molecule has 136 valence electrons. The number of nitrogens with one attached hydrogen (secondary N) is 1. The average molecular weight is 376 g/mol. The molecule has 1 unspecified atom stereocenters. The minimum absolute atomic E-state index is 0. The number of carbonyl (C=O) groups excluding carboxylic acids is 1. The highest BCUT2D eigenvalue weighted by atomic mass is 35.5. The lowest BCUT2D eigenvalue weighted by molar-refractivity contribution is -0.121. The Labute approximate surface area is 150 Å². The first-order chi connectivity index (χ1) is 10.9. The minimum atomic E-state index is -3.40. The molecular weight excluding hydrogens is 350 g/mol. The fourth-order valence-corrected chi connectivity index (χ4v) is 4.12. The number of hydrogen-bond donors (Lipinski definition) is 2. The van der Waals surface area contributed by atoms with Crippen LogP contribution in [0.1, 0.15) is 38.2 Å². The lowest BCUT2D eigenvalue weighted by Crippen LogP contribution is -2.35. The molecule has 1 aliphatic heterocycles. The summed E-state index contributed by atoms with van der Waals surface area (Å²) in [6.07, 6.45) is 3.21. The number of nitrogens with zero attached hydrogens (tertiary/aromatic N) is 1. The summed E-state index contributed by atoms with van der Waals surface area (Å²) >= 11 is 0. The Hall–Kier alpha value is -1.15. The van der Waals surface area contributed by atoms with Crippen molar-refractivity contribution >= 4 is 28.3 Å². The molecule has 24 heavy (non-hydrogen) atoms. The molecule has 1 aliphatic rings. The van der Waals surface area contributed by atoms with Crippen molar-refractivity contribution in [2.24, 2.45) is 5.73 Å². The Morgan fingerprint density at radius 1 is 1.21 bits per heavy atom. The summed E-state index contributed by atoms with van der Waals surface area (Å²) in [5, 5.41) is 2.77. The Morgan fingerprint density at radius 2 is 1.79 bits per heavy atom. The number of amides is 1. The van der Waals surface area contributed by atoms with E-state index in [1.165, 1.54) is 0 Å². The van der Waals surface area contributed by atoms with Crippen LogP contribution in [0, 0.1) is 0 Å². The molecule has 0 spiro atoms. The number of sulfonamides is 1. The van der Waals surface area contributed by atoms with Crippen molar-refractivity contribution in [1.82, 2.24) is 9.62 Å². The topological polar surface area (TPSA) is 92.5 Å². The van der Waals surface area contributed by atoms with Gasteiger partial charge in [0.05, 0.1) is 4.90 Å². The van der Waals surface area contributed by atoms with Crippen LogP contribution in [0.3, 0.4) is 0 Å². The lowest BCUT2D eigenvalue weighted by Gasteiger charge is -2.25. The Kier molecular flexibility index (Phi) is 8.15. The van der Waals surface area contributed by atoms with Gasteiger partial charge in [-0.3, -0.25) is 4.79 Å². The van der Waals surface area contributed by atoms with Crippen LogP contribution in [-0.4, -0.2) is 37.8 Å². The molecule has 3 N–H and O–H groups in total. The van der Waals surface area contributed by atoms with E-state index in [0.29, 0.717) is 24.5 Å². The van der Waals surface area contributed by atoms with Gasteiger partial charge < -0.3 is 11.1 Å². The summed E-state index contributed by atoms with van der Waals surface area (Å²) in [5.41, 5.74) is 6.43. The molecule has 0 bridgehead atoms. The van der Waals surface area contributed by atoms with Gasteiger partial charge in [-0.2, -0.15) is 4.31 Å². The molecule has 0 radical (unpaired) electrons. The first-order valence-corrected chi connectivity index (χ1v) is 9.45. The van der Waals surface area contributed by atoms with Gasteiger partial charge in [0.25, 0.3) is 0 Å². The second-order valence-corrected chi connectivity index (χ2v) is 8.00. The van der Waals surface area contributed by atoms with Gasteiger partial charge >= 0.3 is 0 Å². The van der Waals surface area contributed by atoms with E-state index < -0.39 is 10.0 Å². The molecule has 1 aromatic rings. The molecule has 6 nitrogen and oxygen atoms in total. The minimum Gasteiger partial charge on any atom is -0.352 e. The van der Waals surface area contributed by atoms with Crippen molar-refractivity contribution < 1.29 is 13.2 Å². The van der Waals surface area contributed by atoms with Crippen molar-refractivity contribution in [3.05, 3.63) is 29.8 Å². The Bertz CT molecular complexity index is 626. The molecule has 2 rings (SSSR count). The third-order valence-corrected chi connectivity index (χ3v) is 5.79. The standard InChI is InChI=1S/C16H25N3O3S.ClH/c1-13(17)11-16(20)18-12-14-5-7-15(8-6-14)23(21,22)19-9-3-2-4-10-19;/h5-8,13H,2-4,9-12,17H2,1H3,(H,18,20);1H. The zero-order valence-corrected chi connectivity index (χ0v) is 15.5. The first-order valence-electron chi connectivity index (χ1n) is 8.01. The fraction of sp³-hybridized carbons (Fsp3) is 0.562. The maximum Gasteiger partial charge on any atom is 0.243 e. The first kappa shape index (κ1) is 20.9. The largest absolute Gasteiger partial charge is 0.352 e. The smallest absolute Gasteiger partial charge is 0.243 e. The van der Waals surface area contributed by atoms with Crippen molar-refractivity contribution in [3.63, 3.8) is 0 Å². The highest BCUT2D eigenvalue weighted by molar-refractivity contribution is 7.89. The van der Waals surface area contributed by atoms with E-state index in [0.717, 1.165) is 24.8 Å². The highest BCUT2D eigenvalue weighted by Crippen LogP contribution is 2.20. The fourth-order valence-electron chi connectivity index (χ4n) is 2.60. The van der Waals surface area contributed by atoms with Crippen molar-refractivity contribution in [1.29, 1.82) is 0 Å². The summed E-state index contributed by atoms with van der Waals surface area (Å²) in [6.45, 7) is 3.34. The molecule has 1 amide bonds. The predicted molar refractivity (Wildman–Crippen MR) is 96.4 cm³/mol. The number of nitrogens with two attached hydrogens (primary N) is 1. The van der Waals surface area contributed by atoms with Gasteiger partial charge in [0.15, 0.2) is 0 Å². The van der Waals surface area contributed by atoms with Crippen LogP contribution in [0.15, 0.2) is 29.2 Å². The van der Waals surface area contributed by atoms with Gasteiger partial charge in [0, 0.05) is 32.1 Å². The normalized spacial score (nSPS) is 16.9. The van der Waals surface area contributed by atoms with E-state index in [1.807, 2.05) is 0 Å². The quantitative estimate of drug-likeness (QED) is 0.790. The maximum absolute atomic E-state index is 12.5. The molecule has 0 aliphatic carbocycles. The number of rotatable bonds is 6. The molecule has 1 saturated heterocycles. The number of hydrogen-bond acceptors (Lipinski definition) is 4. The van der Waals surface area contributed by atoms with Gasteiger partial charge in [-0.1, -0.05) is 18.6 Å². The zero-order valence-electron chi connectivity index (χ0n) is 13.9. The zero-order chi connectivity index (χ0) is 16.9. The summed E-state index contributed by atoms with van der Waals surface area (Å²) < 4.78 is 26.6. The van der Waals surface area contributed by atoms with E-state index in [4.69, 9.17) is 5.73 Å². The van der Waals surface area contributed by atoms with Crippen molar-refractivity contribution in [2.75, 3.05) is 13.1 Å². The predicted octanol–water partition coefficient (Wildman–Crippen LogP) is 1.64. The van der Waals surface area contributed by atoms with Gasteiger partial charge in [0.2, 0.25) is 15.9 Å². The monoisotopic (exact) mass is 375 g/mol. The van der Waals surface area contributed by atoms with E-state index in [1.54, 1.807) is 35.5 Å². The lowest BCUT2D eigenvalue weighted by atomic mass is 10.2. The van der Waals surface area contributed by atoms with E-state index in [-0.39, 0.29) is 30.8 Å². The van der Waals surface area contributed by atoms with Crippen LogP contribution >= 0.6 is 12.4 Å². The van der Waals surface area contributed by atoms with E-state index in [9.17, 15) is 13.2 Å². The number of carbonyl (C=O) groups is 1. The van der Waals surface area contributed by atoms with Crippen molar-refractivity contribution in [2.45, 2.75) is 50.1 Å². The van der Waals surface area contributed by atoms with Gasteiger partial charge in [-0.15, -0.1) is 12.4 Å². The van der Waals surface area contributed by atoms with Crippen LogP contribution in [0.5, 0.6) is 0 Å². The Morgan fingerprint density at radius 3 is 2.33 bits per heavy atom. The van der Waals surface area contributed by atoms with Crippen LogP contribution in [0.25, 0.3) is 0 Å². The maximum atomic E-state index is 12.5. The van der Waals surface area contributed by atoms with Gasteiger partial charge in [-0.25, -0.2) is 8.42 Å². The summed E-state index contributed by atoms with van der Waals surface area (Å²) in [6, 6.07) is 6.52. The van der Waals surface area contributed by atoms with Gasteiger partial charge in [0.1, 0.15) is 0 Å². The second kappa shape index (κ2) is 9.36. The van der Waals surface area contributed by atoms with E-state index in [2.05, 4.69) is 5.32 Å². The number of halogens is 1. The molecule has 8 heteroatoms. The SMILES string of the molecule is CC(N)CC(=O)NCc1ccc(S(=O)(=O)N2CCCCC2)cc1.Cl. The molecule has 1 fully saturated rings. The Balaban J connectivity index is 0.00000288. The molecular formula is C16H26ClN3O3S. The molecule has 0 saturated carbocycles. The average Bonchev–Trinajstić information content (AvgIpc) is 2.53. The molecule has 1 heterocycles. The number of piperidine rings is 1. The van der Waals surface area contributed by atoms with Crippen LogP contribution in [-0.2, 0) is 21.4 Å². The second-order valence-electron chi connectivity index (χ2n) is 6.07. The summed E-state index contributed by atoms with van der Waals surface area (Å²) in [7, 11) is -3.40. The van der Waals surface area contributed by atoms with Crippen molar-refractivity contribution in [3.8, 4) is 0 Å². The summed E-state index contributed by atoms with van der Waals surface area (Å²) in [4.78, 5) is 11.9. The molecule has 1 atom stereocenters. The number of benzene rings is 1. The highest BCUT2D eigenvalue weighted by Gasteiger charge is 2.25. The third kappa shape index (κ3) is 5.73. The van der Waals surface area contributed by atoms with E-state index >= 15 is 0 Å². The molecule has 1 aromatic carbocycles. The molecule has 0 aromatic heterocycles. The van der Waals surface area contributed by atoms with Crippen LogP contribution in [0.4, 0.5) is 0 Å². The summed E-state index contributed by atoms with van der Waals surface area (Å²) in [5.74, 6) is -0.106. The van der Waals surface area contributed by atoms with Crippen LogP contribution < -0.4 is 11.1 Å². The van der Waals surface area contributed by atoms with Gasteiger partial charge in [-0.05, 0) is 37.5 Å².